The zero-order valence-corrected chi connectivity index (χ0v) is 28.5. The second-order valence-corrected chi connectivity index (χ2v) is 17.4. The Balaban J connectivity index is 1.30. The van der Waals surface area contributed by atoms with Gasteiger partial charge in [0.2, 0.25) is 0 Å². The lowest BCUT2D eigenvalue weighted by atomic mass is 9.33. The van der Waals surface area contributed by atoms with Crippen LogP contribution in [0, 0.1) is 50.2 Å². The molecule has 0 unspecified atom stereocenters. The molecule has 7 nitrogen and oxygen atoms in total. The summed E-state index contributed by atoms with van der Waals surface area (Å²) < 4.78 is 5.81. The molecule has 0 bridgehead atoms. The summed E-state index contributed by atoms with van der Waals surface area (Å²) in [5, 5.41) is 43.1. The van der Waals surface area contributed by atoms with Crippen LogP contribution >= 0.6 is 0 Å². The van der Waals surface area contributed by atoms with Gasteiger partial charge < -0.3 is 25.2 Å². The molecule has 0 radical (unpaired) electrons. The summed E-state index contributed by atoms with van der Waals surface area (Å²) in [5.74, 6) is -0.702. The highest BCUT2D eigenvalue weighted by atomic mass is 16.5. The Morgan fingerprint density at radius 1 is 0.913 bits per heavy atom. The Morgan fingerprint density at radius 3 is 2.26 bits per heavy atom. The van der Waals surface area contributed by atoms with Crippen LogP contribution in [0.2, 0.25) is 0 Å². The van der Waals surface area contributed by atoms with Gasteiger partial charge >= 0.3 is 11.9 Å². The number of ether oxygens (including phenoxy) is 1. The molecule has 5 aliphatic carbocycles. The molecular weight excluding hydrogens is 580 g/mol. The first-order valence-corrected chi connectivity index (χ1v) is 17.4. The summed E-state index contributed by atoms with van der Waals surface area (Å²) in [4.78, 5) is 25.8. The minimum absolute atomic E-state index is 0.00428. The number of esters is 1. The van der Waals surface area contributed by atoms with Gasteiger partial charge in [0.05, 0.1) is 24.2 Å². The van der Waals surface area contributed by atoms with E-state index in [1.54, 1.807) is 30.3 Å². The van der Waals surface area contributed by atoms with E-state index in [2.05, 4.69) is 40.7 Å². The van der Waals surface area contributed by atoms with Crippen molar-refractivity contribution in [2.75, 3.05) is 6.61 Å². The monoisotopic (exact) mass is 634 g/mol. The quantitative estimate of drug-likeness (QED) is 0.154. The fourth-order valence-electron chi connectivity index (χ4n) is 11.8. The number of allylic oxidation sites excluding steroid dienone is 2. The summed E-state index contributed by atoms with van der Waals surface area (Å²) >= 11 is 0. The normalized spacial score (nSPS) is 44.6. The van der Waals surface area contributed by atoms with Gasteiger partial charge in [-0.05, 0) is 121 Å². The van der Waals surface area contributed by atoms with E-state index in [9.17, 15) is 30.0 Å². The molecule has 0 aromatic heterocycles. The number of aliphatic carboxylic acids is 1. The molecule has 1 aromatic carbocycles. The Kier molecular flexibility index (Phi) is 7.92. The van der Waals surface area contributed by atoms with Crippen molar-refractivity contribution in [2.45, 2.75) is 112 Å². The molecule has 46 heavy (non-hydrogen) atoms. The first-order valence-electron chi connectivity index (χ1n) is 17.4. The summed E-state index contributed by atoms with van der Waals surface area (Å²) in [6.07, 6.45) is 10.7. The number of phenolic OH excluding ortho intramolecular Hbond substituents is 1. The standard InChI is InChI=1S/C39H54O7/c1-34(2)17-19-39(33(44)45)20-18-37(5)26(27(39)21-34)12-13-30-35(3)22-28(41)32(43)36(4,29(35)15-16-38(30,37)6)23-46-31(42)14-9-24-7-10-25(40)11-8-24/h7-12,14,27-30,32,40-41,43H,13,15-23H2,1-6H3,(H,44,45)/t27-,28+,29+,30+,32-,35-,36-,37+,38+,39-/m0/s1. The maximum Gasteiger partial charge on any atom is 0.330 e. The summed E-state index contributed by atoms with van der Waals surface area (Å²) in [5.41, 5.74) is 0.147. The predicted molar refractivity (Wildman–Crippen MR) is 176 cm³/mol. The zero-order valence-electron chi connectivity index (χ0n) is 28.5. The molecule has 0 heterocycles. The summed E-state index contributed by atoms with van der Waals surface area (Å²) in [6, 6.07) is 6.53. The summed E-state index contributed by atoms with van der Waals surface area (Å²) in [6.45, 7) is 13.7. The number of hydrogen-bond acceptors (Lipinski definition) is 6. The third-order valence-electron chi connectivity index (χ3n) is 14.6. The van der Waals surface area contributed by atoms with Gasteiger partial charge in [0.15, 0.2) is 0 Å². The van der Waals surface area contributed by atoms with Crippen molar-refractivity contribution in [3.8, 4) is 5.75 Å². The third-order valence-corrected chi connectivity index (χ3v) is 14.6. The molecule has 5 aliphatic rings. The van der Waals surface area contributed by atoms with Crippen LogP contribution in [-0.4, -0.2) is 51.2 Å². The van der Waals surface area contributed by atoms with Gasteiger partial charge in [-0.2, -0.15) is 0 Å². The number of hydrogen-bond donors (Lipinski definition) is 4. The highest BCUT2D eigenvalue weighted by Gasteiger charge is 2.70. The van der Waals surface area contributed by atoms with Crippen LogP contribution in [0.1, 0.15) is 105 Å². The topological polar surface area (TPSA) is 124 Å². The van der Waals surface area contributed by atoms with Crippen LogP contribution in [0.15, 0.2) is 42.0 Å². The van der Waals surface area contributed by atoms with Gasteiger partial charge in [-0.25, -0.2) is 4.79 Å². The van der Waals surface area contributed by atoms with Crippen LogP contribution in [-0.2, 0) is 14.3 Å². The molecule has 10 atom stereocenters. The minimum atomic E-state index is -1.02. The molecule has 4 saturated carbocycles. The van der Waals surface area contributed by atoms with Crippen molar-refractivity contribution in [3.63, 3.8) is 0 Å². The number of fused-ring (bicyclic) bond motifs is 7. The molecule has 0 spiro atoms. The molecule has 0 aliphatic heterocycles. The van der Waals surface area contributed by atoms with Gasteiger partial charge in [-0.15, -0.1) is 0 Å². The Bertz CT molecular complexity index is 1440. The van der Waals surface area contributed by atoms with Crippen molar-refractivity contribution >= 4 is 18.0 Å². The molecule has 1 aromatic rings. The lowest BCUT2D eigenvalue weighted by Gasteiger charge is -2.71. The Morgan fingerprint density at radius 2 is 1.59 bits per heavy atom. The van der Waals surface area contributed by atoms with Crippen LogP contribution in [0.4, 0.5) is 0 Å². The molecule has 0 amide bonds. The third kappa shape index (κ3) is 4.81. The number of benzene rings is 1. The smallest absolute Gasteiger partial charge is 0.330 e. The summed E-state index contributed by atoms with van der Waals surface area (Å²) in [7, 11) is 0. The molecule has 7 heteroatoms. The van der Waals surface area contributed by atoms with E-state index in [4.69, 9.17) is 4.74 Å². The first kappa shape index (κ1) is 33.3. The van der Waals surface area contributed by atoms with Crippen molar-refractivity contribution in [1.29, 1.82) is 0 Å². The highest BCUT2D eigenvalue weighted by molar-refractivity contribution is 5.87. The maximum absolute atomic E-state index is 12.9. The highest BCUT2D eigenvalue weighted by Crippen LogP contribution is 2.75. The molecule has 4 fully saturated rings. The van der Waals surface area contributed by atoms with Gasteiger partial charge in [0, 0.05) is 11.5 Å². The number of carbonyl (C=O) groups excluding carboxylic acids is 1. The second-order valence-electron chi connectivity index (χ2n) is 17.4. The Hall–Kier alpha value is -2.64. The van der Waals surface area contributed by atoms with E-state index in [1.165, 1.54) is 11.6 Å². The fourth-order valence-corrected chi connectivity index (χ4v) is 11.8. The molecule has 0 saturated heterocycles. The van der Waals surface area contributed by atoms with Crippen molar-refractivity contribution in [3.05, 3.63) is 47.6 Å². The van der Waals surface area contributed by atoms with E-state index in [1.807, 2.05) is 6.92 Å². The van der Waals surface area contributed by atoms with E-state index in [0.717, 1.165) is 50.5 Å². The van der Waals surface area contributed by atoms with Crippen LogP contribution < -0.4 is 0 Å². The van der Waals surface area contributed by atoms with Crippen LogP contribution in [0.5, 0.6) is 5.75 Å². The number of aromatic hydroxyl groups is 1. The first-order chi connectivity index (χ1) is 21.4. The average Bonchev–Trinajstić information content (AvgIpc) is 2.98. The molecular formula is C39H54O7. The molecule has 252 valence electrons. The van der Waals surface area contributed by atoms with E-state index >= 15 is 0 Å². The number of carbonyl (C=O) groups is 2. The predicted octanol–water partition coefficient (Wildman–Crippen LogP) is 7.15. The van der Waals surface area contributed by atoms with Crippen molar-refractivity contribution in [2.24, 2.45) is 50.2 Å². The van der Waals surface area contributed by atoms with Crippen molar-refractivity contribution < 1.29 is 34.8 Å². The van der Waals surface area contributed by atoms with E-state index in [0.29, 0.717) is 12.8 Å². The number of carboxylic acids is 1. The largest absolute Gasteiger partial charge is 0.508 e. The van der Waals surface area contributed by atoms with Gasteiger partial charge in [0.1, 0.15) is 5.75 Å². The average molecular weight is 635 g/mol. The lowest BCUT2D eigenvalue weighted by Crippen LogP contribution is -2.68. The van der Waals surface area contributed by atoms with Crippen LogP contribution in [0.25, 0.3) is 6.08 Å². The number of phenols is 1. The lowest BCUT2D eigenvalue weighted by molar-refractivity contribution is -0.245. The number of carboxylic acid groups (broad SMARTS) is 1. The van der Waals surface area contributed by atoms with Gasteiger partial charge in [0.25, 0.3) is 0 Å². The maximum atomic E-state index is 12.9. The Labute approximate surface area is 274 Å². The van der Waals surface area contributed by atoms with Gasteiger partial charge in [-0.1, -0.05) is 65.3 Å². The SMILES string of the molecule is CC1(C)CC[C@]2(C(=O)O)CC[C@]3(C)C(=CC[C@@H]4[C@@]5(C)C[C@@H](O)[C@H](O)[C@@](C)(COC(=O)C=Cc6ccc(O)cc6)[C@@H]5CC[C@]43C)[C@@H]2C1. The van der Waals surface area contributed by atoms with Crippen molar-refractivity contribution in [1.82, 2.24) is 0 Å². The van der Waals surface area contributed by atoms with E-state index in [-0.39, 0.29) is 51.8 Å². The number of rotatable bonds is 5. The number of aliphatic hydroxyl groups excluding tert-OH is 2. The fraction of sp³-hybridized carbons (Fsp3) is 0.692. The molecule has 6 rings (SSSR count). The minimum Gasteiger partial charge on any atom is -0.508 e. The molecule has 4 N–H and O–H groups in total. The number of aliphatic hydroxyl groups is 2. The second kappa shape index (κ2) is 10.9. The van der Waals surface area contributed by atoms with Crippen LogP contribution in [0.3, 0.4) is 0 Å². The zero-order chi connectivity index (χ0) is 33.5. The van der Waals surface area contributed by atoms with E-state index < -0.39 is 35.0 Å². The van der Waals surface area contributed by atoms with Gasteiger partial charge in [-0.3, -0.25) is 4.79 Å².